The second kappa shape index (κ2) is 6.67. The number of carbonyl (C=O) groups is 2. The highest BCUT2D eigenvalue weighted by Gasteiger charge is 2.09. The molecule has 3 aromatic rings. The number of carbonyl (C=O) groups excluding carboxylic acids is 2. The van der Waals surface area contributed by atoms with Gasteiger partial charge in [0.25, 0.3) is 0 Å². The number of rotatable bonds is 5. The first-order chi connectivity index (χ1) is 11.5. The summed E-state index contributed by atoms with van der Waals surface area (Å²) in [6, 6.07) is 13.3. The van der Waals surface area contributed by atoms with E-state index in [1.807, 2.05) is 24.3 Å². The Morgan fingerprint density at radius 2 is 1.92 bits per heavy atom. The van der Waals surface area contributed by atoms with Crippen LogP contribution in [0.5, 0.6) is 0 Å². The van der Waals surface area contributed by atoms with E-state index in [1.54, 1.807) is 10.6 Å². The van der Waals surface area contributed by atoms with Gasteiger partial charge in [-0.3, -0.25) is 14.2 Å². The lowest BCUT2D eigenvalue weighted by Gasteiger charge is -2.08. The van der Waals surface area contributed by atoms with Crippen LogP contribution in [-0.2, 0) is 11.3 Å². The van der Waals surface area contributed by atoms with Gasteiger partial charge in [0.15, 0.2) is 0 Å². The molecule has 0 radical (unpaired) electrons. The number of para-hydroxylation sites is 1. The van der Waals surface area contributed by atoms with E-state index >= 15 is 0 Å². The number of amides is 1. The molecule has 0 fully saturated rings. The zero-order valence-electron chi connectivity index (χ0n) is 12.5. The van der Waals surface area contributed by atoms with Gasteiger partial charge in [0.2, 0.25) is 5.91 Å². The molecular weight excluding hydrogens is 328 g/mol. The minimum absolute atomic E-state index is 0.00662. The van der Waals surface area contributed by atoms with Crippen LogP contribution in [0.15, 0.2) is 53.3 Å². The molecule has 2 aromatic carbocycles. The van der Waals surface area contributed by atoms with E-state index in [9.17, 15) is 19.5 Å². The SMILES string of the molecule is O=C(CCn1c(=O)sc2ccccc21)Nc1cccc(C(=O)[O-])c1. The number of aryl methyl sites for hydroxylation is 1. The van der Waals surface area contributed by atoms with Crippen LogP contribution in [0, 0.1) is 0 Å². The van der Waals surface area contributed by atoms with Crippen molar-refractivity contribution in [1.82, 2.24) is 4.57 Å². The first-order valence-electron chi connectivity index (χ1n) is 7.24. The molecule has 0 bridgehead atoms. The number of hydrogen-bond donors (Lipinski definition) is 1. The van der Waals surface area contributed by atoms with Gasteiger partial charge in [0.1, 0.15) is 0 Å². The van der Waals surface area contributed by atoms with Crippen LogP contribution in [0.2, 0.25) is 0 Å². The average Bonchev–Trinajstić information content (AvgIpc) is 2.88. The summed E-state index contributed by atoms with van der Waals surface area (Å²) in [5, 5.41) is 13.4. The Hall–Kier alpha value is -2.93. The zero-order valence-corrected chi connectivity index (χ0v) is 13.3. The fraction of sp³-hybridized carbons (Fsp3) is 0.118. The van der Waals surface area contributed by atoms with Crippen molar-refractivity contribution in [3.05, 3.63) is 63.8 Å². The molecule has 122 valence electrons. The number of anilines is 1. The Morgan fingerprint density at radius 3 is 2.71 bits per heavy atom. The normalized spacial score (nSPS) is 10.7. The predicted octanol–water partition coefficient (Wildman–Crippen LogP) is 1.46. The van der Waals surface area contributed by atoms with E-state index in [0.29, 0.717) is 5.69 Å². The molecule has 1 heterocycles. The van der Waals surface area contributed by atoms with Crippen molar-refractivity contribution in [2.24, 2.45) is 0 Å². The minimum Gasteiger partial charge on any atom is -0.545 e. The second-order valence-corrected chi connectivity index (χ2v) is 6.15. The van der Waals surface area contributed by atoms with Gasteiger partial charge in [0, 0.05) is 18.7 Å². The Bertz CT molecular complexity index is 974. The third-order valence-corrected chi connectivity index (χ3v) is 4.48. The molecule has 1 aromatic heterocycles. The molecule has 0 atom stereocenters. The van der Waals surface area contributed by atoms with Gasteiger partial charge in [-0.1, -0.05) is 35.6 Å². The molecule has 7 heteroatoms. The Balaban J connectivity index is 1.69. The zero-order chi connectivity index (χ0) is 17.1. The lowest BCUT2D eigenvalue weighted by atomic mass is 10.2. The Morgan fingerprint density at radius 1 is 1.12 bits per heavy atom. The van der Waals surface area contributed by atoms with Crippen LogP contribution in [-0.4, -0.2) is 16.4 Å². The largest absolute Gasteiger partial charge is 0.545 e. The lowest BCUT2D eigenvalue weighted by molar-refractivity contribution is -0.255. The molecular formula is C17H13N2O4S-. The first-order valence-corrected chi connectivity index (χ1v) is 8.06. The number of fused-ring (bicyclic) bond motifs is 1. The highest BCUT2D eigenvalue weighted by atomic mass is 32.1. The maximum atomic E-state index is 12.1. The molecule has 0 unspecified atom stereocenters. The number of benzene rings is 2. The number of aromatic carboxylic acids is 1. The molecule has 0 saturated carbocycles. The van der Waals surface area contributed by atoms with Crippen LogP contribution in [0.25, 0.3) is 10.2 Å². The highest BCUT2D eigenvalue weighted by Crippen LogP contribution is 2.17. The number of nitrogens with zero attached hydrogens (tertiary/aromatic N) is 1. The summed E-state index contributed by atoms with van der Waals surface area (Å²) in [4.78, 5) is 34.8. The topological polar surface area (TPSA) is 91.2 Å². The van der Waals surface area contributed by atoms with Crippen LogP contribution >= 0.6 is 11.3 Å². The summed E-state index contributed by atoms with van der Waals surface area (Å²) < 4.78 is 2.45. The summed E-state index contributed by atoms with van der Waals surface area (Å²) in [7, 11) is 0. The maximum Gasteiger partial charge on any atom is 0.308 e. The number of nitrogens with one attached hydrogen (secondary N) is 1. The van der Waals surface area contributed by atoms with E-state index in [-0.39, 0.29) is 29.3 Å². The van der Waals surface area contributed by atoms with Crippen molar-refractivity contribution >= 4 is 39.1 Å². The molecule has 3 rings (SSSR count). The first kappa shape index (κ1) is 15.9. The fourth-order valence-corrected chi connectivity index (χ4v) is 3.30. The summed E-state index contributed by atoms with van der Waals surface area (Å²) >= 11 is 1.14. The summed E-state index contributed by atoms with van der Waals surface area (Å²) in [6.45, 7) is 0.259. The van der Waals surface area contributed by atoms with Crippen molar-refractivity contribution in [2.75, 3.05) is 5.32 Å². The van der Waals surface area contributed by atoms with Crippen molar-refractivity contribution in [1.29, 1.82) is 0 Å². The Labute approximate surface area is 141 Å². The van der Waals surface area contributed by atoms with Crippen LogP contribution in [0.4, 0.5) is 5.69 Å². The van der Waals surface area contributed by atoms with Crippen LogP contribution in [0.1, 0.15) is 16.8 Å². The van der Waals surface area contributed by atoms with Crippen molar-refractivity contribution in [2.45, 2.75) is 13.0 Å². The highest BCUT2D eigenvalue weighted by molar-refractivity contribution is 7.16. The molecule has 0 aliphatic carbocycles. The van der Waals surface area contributed by atoms with Crippen LogP contribution in [0.3, 0.4) is 0 Å². The standard InChI is InChI=1S/C17H14N2O4S/c20-15(18-12-5-3-4-11(10-12)16(21)22)8-9-19-13-6-1-2-7-14(13)24-17(19)23/h1-7,10H,8-9H2,(H,18,20)(H,21,22)/p-1. The third-order valence-electron chi connectivity index (χ3n) is 3.52. The number of thiazole rings is 1. The molecule has 24 heavy (non-hydrogen) atoms. The van der Waals surface area contributed by atoms with Gasteiger partial charge in [-0.25, -0.2) is 0 Å². The number of carboxylic acids is 1. The summed E-state index contributed by atoms with van der Waals surface area (Å²) in [5.74, 6) is -1.60. The van der Waals surface area contributed by atoms with E-state index in [4.69, 9.17) is 0 Å². The minimum atomic E-state index is -1.30. The maximum absolute atomic E-state index is 12.1. The van der Waals surface area contributed by atoms with Gasteiger partial charge >= 0.3 is 4.87 Å². The average molecular weight is 341 g/mol. The van der Waals surface area contributed by atoms with E-state index in [2.05, 4.69) is 5.32 Å². The smallest absolute Gasteiger partial charge is 0.308 e. The molecule has 0 spiro atoms. The molecule has 1 N–H and O–H groups in total. The fourth-order valence-electron chi connectivity index (χ4n) is 2.39. The molecule has 6 nitrogen and oxygen atoms in total. The molecule has 0 saturated heterocycles. The Kier molecular flexibility index (Phi) is 4.43. The predicted molar refractivity (Wildman–Crippen MR) is 90.1 cm³/mol. The van der Waals surface area contributed by atoms with Crippen molar-refractivity contribution < 1.29 is 14.7 Å². The number of aromatic nitrogens is 1. The van der Waals surface area contributed by atoms with Crippen molar-refractivity contribution in [3.63, 3.8) is 0 Å². The van der Waals surface area contributed by atoms with Gasteiger partial charge in [-0.2, -0.15) is 0 Å². The lowest BCUT2D eigenvalue weighted by Crippen LogP contribution is -2.22. The quantitative estimate of drug-likeness (QED) is 0.760. The van der Waals surface area contributed by atoms with Gasteiger partial charge in [-0.05, 0) is 29.8 Å². The van der Waals surface area contributed by atoms with Gasteiger partial charge in [0.05, 0.1) is 16.2 Å². The summed E-state index contributed by atoms with van der Waals surface area (Å²) in [6.07, 6.45) is 0.107. The monoisotopic (exact) mass is 341 g/mol. The van der Waals surface area contributed by atoms with E-state index in [0.717, 1.165) is 21.6 Å². The molecule has 0 aliphatic heterocycles. The number of hydrogen-bond acceptors (Lipinski definition) is 5. The second-order valence-electron chi connectivity index (χ2n) is 5.15. The van der Waals surface area contributed by atoms with E-state index in [1.165, 1.54) is 18.2 Å². The molecule has 0 aliphatic rings. The number of carboxylic acid groups (broad SMARTS) is 1. The van der Waals surface area contributed by atoms with Gasteiger partial charge < -0.3 is 15.2 Å². The van der Waals surface area contributed by atoms with Gasteiger partial charge in [-0.15, -0.1) is 0 Å². The third kappa shape index (κ3) is 3.36. The van der Waals surface area contributed by atoms with Crippen molar-refractivity contribution in [3.8, 4) is 0 Å². The van der Waals surface area contributed by atoms with E-state index < -0.39 is 5.97 Å². The van der Waals surface area contributed by atoms with Crippen LogP contribution < -0.4 is 15.3 Å². The summed E-state index contributed by atoms with van der Waals surface area (Å²) in [5.41, 5.74) is 1.18. The molecule has 1 amide bonds.